The molecule has 0 N–H and O–H groups in total. The van der Waals surface area contributed by atoms with E-state index < -0.39 is 0 Å². The van der Waals surface area contributed by atoms with Gasteiger partial charge in [-0.05, 0) is 31.5 Å². The van der Waals surface area contributed by atoms with Crippen molar-refractivity contribution in [1.29, 1.82) is 0 Å². The lowest BCUT2D eigenvalue weighted by Crippen LogP contribution is -1.93. The molecule has 3 aromatic rings. The quantitative estimate of drug-likeness (QED) is 0.634. The molecular formula is C14H13ClN2OS2. The van der Waals surface area contributed by atoms with Crippen LogP contribution in [0.25, 0.3) is 10.2 Å². The van der Waals surface area contributed by atoms with Crippen molar-refractivity contribution in [2.24, 2.45) is 0 Å². The number of halogens is 1. The van der Waals surface area contributed by atoms with E-state index in [1.807, 2.05) is 12.1 Å². The summed E-state index contributed by atoms with van der Waals surface area (Å²) in [6, 6.07) is 3.86. The largest absolute Gasteiger partial charge is 0.468 e. The zero-order chi connectivity index (χ0) is 14.1. The molecule has 3 nitrogen and oxygen atoms in total. The van der Waals surface area contributed by atoms with E-state index in [2.05, 4.69) is 23.8 Å². The summed E-state index contributed by atoms with van der Waals surface area (Å²) in [7, 11) is 0. The van der Waals surface area contributed by atoms with Gasteiger partial charge < -0.3 is 4.42 Å². The Morgan fingerprint density at radius 3 is 2.90 bits per heavy atom. The molecule has 0 aliphatic carbocycles. The number of hydrogen-bond donors (Lipinski definition) is 0. The van der Waals surface area contributed by atoms with Crippen LogP contribution in [0.4, 0.5) is 0 Å². The predicted octanol–water partition coefficient (Wildman–Crippen LogP) is 4.99. The Kier molecular flexibility index (Phi) is 4.01. The van der Waals surface area contributed by atoms with Gasteiger partial charge in [-0.25, -0.2) is 9.97 Å². The minimum atomic E-state index is 0.561. The average Bonchev–Trinajstić information content (AvgIpc) is 2.99. The Morgan fingerprint density at radius 1 is 1.30 bits per heavy atom. The molecule has 0 atom stereocenters. The number of nitrogens with zero attached hydrogens (tertiary/aromatic N) is 2. The zero-order valence-electron chi connectivity index (χ0n) is 11.1. The van der Waals surface area contributed by atoms with Crippen LogP contribution in [0.3, 0.4) is 0 Å². The first-order chi connectivity index (χ1) is 9.65. The normalized spacial score (nSPS) is 11.3. The van der Waals surface area contributed by atoms with Crippen molar-refractivity contribution in [3.8, 4) is 0 Å². The average molecular weight is 325 g/mol. The van der Waals surface area contributed by atoms with Gasteiger partial charge in [0.05, 0.1) is 23.2 Å². The van der Waals surface area contributed by atoms with Crippen LogP contribution in [0.15, 0.2) is 22.8 Å². The van der Waals surface area contributed by atoms with Crippen LogP contribution in [0, 0.1) is 13.8 Å². The van der Waals surface area contributed by atoms with Gasteiger partial charge >= 0.3 is 0 Å². The minimum Gasteiger partial charge on any atom is -0.468 e. The van der Waals surface area contributed by atoms with E-state index in [0.29, 0.717) is 5.15 Å². The lowest BCUT2D eigenvalue weighted by atomic mass is 10.2. The van der Waals surface area contributed by atoms with E-state index in [4.69, 9.17) is 16.0 Å². The number of fused-ring (bicyclic) bond motifs is 1. The predicted molar refractivity (Wildman–Crippen MR) is 85.6 cm³/mol. The van der Waals surface area contributed by atoms with E-state index in [1.54, 1.807) is 29.4 Å². The molecule has 0 fully saturated rings. The second kappa shape index (κ2) is 5.76. The number of thiophene rings is 1. The van der Waals surface area contributed by atoms with E-state index in [0.717, 1.165) is 33.3 Å². The SMILES string of the molecule is Cc1sc2nc(CSCc3ccco3)nc(Cl)c2c1C. The first kappa shape index (κ1) is 13.9. The van der Waals surface area contributed by atoms with Gasteiger partial charge in [-0.1, -0.05) is 11.6 Å². The summed E-state index contributed by atoms with van der Waals surface area (Å²) >= 11 is 9.68. The highest BCUT2D eigenvalue weighted by atomic mass is 35.5. The Hall–Kier alpha value is -1.04. The molecule has 3 heterocycles. The van der Waals surface area contributed by atoms with Crippen molar-refractivity contribution in [2.75, 3.05) is 0 Å². The van der Waals surface area contributed by atoms with Gasteiger partial charge in [-0.2, -0.15) is 0 Å². The van der Waals surface area contributed by atoms with E-state index >= 15 is 0 Å². The highest BCUT2D eigenvalue weighted by Gasteiger charge is 2.13. The molecule has 104 valence electrons. The second-order valence-corrected chi connectivity index (χ2v) is 7.01. The molecule has 0 aromatic carbocycles. The molecule has 0 spiro atoms. The minimum absolute atomic E-state index is 0.561. The first-order valence-electron chi connectivity index (χ1n) is 6.17. The number of furan rings is 1. The summed E-state index contributed by atoms with van der Waals surface area (Å²) in [6.07, 6.45) is 1.69. The summed E-state index contributed by atoms with van der Waals surface area (Å²) in [5.41, 5.74) is 1.18. The number of aromatic nitrogens is 2. The fourth-order valence-corrected chi connectivity index (χ4v) is 4.16. The summed E-state index contributed by atoms with van der Waals surface area (Å²) < 4.78 is 5.30. The van der Waals surface area contributed by atoms with E-state index in [-0.39, 0.29) is 0 Å². The van der Waals surface area contributed by atoms with Crippen LogP contribution in [-0.4, -0.2) is 9.97 Å². The van der Waals surface area contributed by atoms with Crippen LogP contribution >= 0.6 is 34.7 Å². The maximum absolute atomic E-state index is 6.29. The van der Waals surface area contributed by atoms with Crippen molar-refractivity contribution in [1.82, 2.24) is 9.97 Å². The van der Waals surface area contributed by atoms with Crippen LogP contribution < -0.4 is 0 Å². The smallest absolute Gasteiger partial charge is 0.141 e. The Morgan fingerprint density at radius 2 is 2.15 bits per heavy atom. The molecule has 0 saturated carbocycles. The Bertz CT molecular complexity index is 737. The van der Waals surface area contributed by atoms with Gasteiger partial charge in [0, 0.05) is 4.88 Å². The number of hydrogen-bond acceptors (Lipinski definition) is 5. The highest BCUT2D eigenvalue weighted by molar-refractivity contribution is 7.97. The molecule has 0 saturated heterocycles. The van der Waals surface area contributed by atoms with Crippen molar-refractivity contribution in [3.63, 3.8) is 0 Å². The Balaban J connectivity index is 1.78. The third-order valence-corrected chi connectivity index (χ3v) is 5.41. The molecule has 6 heteroatoms. The molecule has 0 amide bonds. The van der Waals surface area contributed by atoms with Gasteiger partial charge in [-0.3, -0.25) is 0 Å². The lowest BCUT2D eigenvalue weighted by molar-refractivity contribution is 0.530. The molecule has 0 aliphatic heterocycles. The van der Waals surface area contributed by atoms with Crippen LogP contribution in [0.5, 0.6) is 0 Å². The first-order valence-corrected chi connectivity index (χ1v) is 8.52. The summed E-state index contributed by atoms with van der Waals surface area (Å²) in [4.78, 5) is 11.2. The Labute approximate surface area is 130 Å². The van der Waals surface area contributed by atoms with Gasteiger partial charge in [0.1, 0.15) is 21.6 Å². The molecule has 3 rings (SSSR count). The summed E-state index contributed by atoms with van der Waals surface area (Å²) in [6.45, 7) is 4.15. The molecule has 0 bridgehead atoms. The summed E-state index contributed by atoms with van der Waals surface area (Å²) in [5.74, 6) is 3.28. The number of rotatable bonds is 4. The maximum atomic E-state index is 6.29. The van der Waals surface area contributed by atoms with Gasteiger partial charge in [0.25, 0.3) is 0 Å². The van der Waals surface area contributed by atoms with Crippen molar-refractivity contribution in [3.05, 3.63) is 45.6 Å². The summed E-state index contributed by atoms with van der Waals surface area (Å²) in [5, 5.41) is 1.55. The van der Waals surface area contributed by atoms with E-state index in [9.17, 15) is 0 Å². The van der Waals surface area contributed by atoms with E-state index in [1.165, 1.54) is 10.4 Å². The van der Waals surface area contributed by atoms with Crippen LogP contribution in [0.2, 0.25) is 5.15 Å². The highest BCUT2D eigenvalue weighted by Crippen LogP contribution is 2.33. The van der Waals surface area contributed by atoms with Crippen molar-refractivity contribution < 1.29 is 4.42 Å². The lowest BCUT2D eigenvalue weighted by Gasteiger charge is -2.02. The standard InChI is InChI=1S/C14H13ClN2OS2/c1-8-9(2)20-14-12(8)13(15)16-11(17-14)7-19-6-10-4-3-5-18-10/h3-5H,6-7H2,1-2H3. The fraction of sp³-hybridized carbons (Fsp3) is 0.286. The topological polar surface area (TPSA) is 38.9 Å². The fourth-order valence-electron chi connectivity index (χ4n) is 1.94. The van der Waals surface area contributed by atoms with Crippen LogP contribution in [0.1, 0.15) is 22.0 Å². The van der Waals surface area contributed by atoms with Crippen molar-refractivity contribution >= 4 is 44.9 Å². The van der Waals surface area contributed by atoms with Crippen LogP contribution in [-0.2, 0) is 11.5 Å². The molecule has 3 aromatic heterocycles. The van der Waals surface area contributed by atoms with Gasteiger partial charge in [-0.15, -0.1) is 23.1 Å². The number of thioether (sulfide) groups is 1. The second-order valence-electron chi connectivity index (χ2n) is 4.47. The molecule has 0 unspecified atom stereocenters. The van der Waals surface area contributed by atoms with Gasteiger partial charge in [0.2, 0.25) is 0 Å². The van der Waals surface area contributed by atoms with Crippen molar-refractivity contribution in [2.45, 2.75) is 25.4 Å². The molecule has 20 heavy (non-hydrogen) atoms. The molecular weight excluding hydrogens is 312 g/mol. The molecule has 0 aliphatic rings. The maximum Gasteiger partial charge on any atom is 0.141 e. The number of aryl methyl sites for hydroxylation is 2. The monoisotopic (exact) mass is 324 g/mol. The van der Waals surface area contributed by atoms with Gasteiger partial charge in [0.15, 0.2) is 0 Å². The third-order valence-electron chi connectivity index (χ3n) is 3.09. The zero-order valence-corrected chi connectivity index (χ0v) is 13.5. The third kappa shape index (κ3) is 2.71. The molecule has 0 radical (unpaired) electrons.